The standard InChI is InChI=1S/C24H27NO2/c1-3-5-6-10-15-20-18(4-2)14-11-16-21(20)23(24(26)27)22(17-25)19-12-8-7-9-13-19/h7-9,11-14,16H,3-6,10,15H2,1-2H3,(H,26,27). The van der Waals surface area contributed by atoms with E-state index < -0.39 is 5.97 Å². The normalized spacial score (nSPS) is 11.6. The Balaban J connectivity index is 2.62. The number of unbranched alkanes of at least 4 members (excludes halogenated alkanes) is 3. The van der Waals surface area contributed by atoms with Gasteiger partial charge in [0.25, 0.3) is 0 Å². The van der Waals surface area contributed by atoms with Crippen LogP contribution in [0.4, 0.5) is 0 Å². The SMILES string of the molecule is CCCCCCc1c(CC)cccc1C(C(=O)O)=C(C#N)c1ccccc1. The molecule has 2 aromatic rings. The number of carbonyl (C=O) groups is 1. The fourth-order valence-corrected chi connectivity index (χ4v) is 3.45. The first-order chi connectivity index (χ1) is 13.1. The molecule has 1 N–H and O–H groups in total. The quantitative estimate of drug-likeness (QED) is 0.262. The van der Waals surface area contributed by atoms with Gasteiger partial charge in [-0.15, -0.1) is 0 Å². The second-order valence-electron chi connectivity index (χ2n) is 6.64. The van der Waals surface area contributed by atoms with Gasteiger partial charge in [-0.1, -0.05) is 81.6 Å². The molecule has 0 spiro atoms. The number of nitrogens with zero attached hydrogens (tertiary/aromatic N) is 1. The third-order valence-electron chi connectivity index (χ3n) is 4.84. The smallest absolute Gasteiger partial charge is 0.337 e. The molecule has 2 aromatic carbocycles. The van der Waals surface area contributed by atoms with Crippen molar-refractivity contribution in [1.82, 2.24) is 0 Å². The average Bonchev–Trinajstić information content (AvgIpc) is 2.69. The van der Waals surface area contributed by atoms with Crippen LogP contribution in [0.15, 0.2) is 48.5 Å². The zero-order valence-electron chi connectivity index (χ0n) is 16.2. The second kappa shape index (κ2) is 10.3. The molecule has 2 rings (SSSR count). The summed E-state index contributed by atoms with van der Waals surface area (Å²) in [7, 11) is 0. The van der Waals surface area contributed by atoms with Crippen molar-refractivity contribution in [2.24, 2.45) is 0 Å². The zero-order valence-corrected chi connectivity index (χ0v) is 16.2. The predicted molar refractivity (Wildman–Crippen MR) is 110 cm³/mol. The average molecular weight is 361 g/mol. The number of allylic oxidation sites excluding steroid dienone is 1. The summed E-state index contributed by atoms with van der Waals surface area (Å²) in [4.78, 5) is 12.2. The molecule has 0 atom stereocenters. The van der Waals surface area contributed by atoms with Crippen molar-refractivity contribution in [2.75, 3.05) is 0 Å². The summed E-state index contributed by atoms with van der Waals surface area (Å²) >= 11 is 0. The maximum atomic E-state index is 12.2. The minimum absolute atomic E-state index is 0.101. The molecular weight excluding hydrogens is 334 g/mol. The molecular formula is C24H27NO2. The molecule has 0 unspecified atom stereocenters. The molecule has 0 aromatic heterocycles. The number of carboxylic acid groups (broad SMARTS) is 1. The van der Waals surface area contributed by atoms with E-state index in [1.165, 1.54) is 6.42 Å². The number of hydrogen-bond acceptors (Lipinski definition) is 2. The van der Waals surface area contributed by atoms with E-state index in [0.29, 0.717) is 11.1 Å². The summed E-state index contributed by atoms with van der Waals surface area (Å²) in [6, 6.07) is 17.0. The van der Waals surface area contributed by atoms with Crippen LogP contribution in [0, 0.1) is 11.3 Å². The molecule has 0 bridgehead atoms. The lowest BCUT2D eigenvalue weighted by Gasteiger charge is -2.16. The Morgan fingerprint density at radius 2 is 1.74 bits per heavy atom. The van der Waals surface area contributed by atoms with Crippen LogP contribution < -0.4 is 0 Å². The first-order valence-electron chi connectivity index (χ1n) is 9.68. The van der Waals surface area contributed by atoms with Crippen LogP contribution in [0.3, 0.4) is 0 Å². The van der Waals surface area contributed by atoms with Crippen LogP contribution in [-0.2, 0) is 17.6 Å². The van der Waals surface area contributed by atoms with Gasteiger partial charge in [-0.3, -0.25) is 0 Å². The zero-order chi connectivity index (χ0) is 19.6. The highest BCUT2D eigenvalue weighted by atomic mass is 16.4. The van der Waals surface area contributed by atoms with Crippen molar-refractivity contribution in [3.8, 4) is 6.07 Å². The molecule has 140 valence electrons. The van der Waals surface area contributed by atoms with Crippen molar-refractivity contribution in [1.29, 1.82) is 5.26 Å². The summed E-state index contributed by atoms with van der Waals surface area (Å²) in [5.41, 5.74) is 3.86. The first-order valence-corrected chi connectivity index (χ1v) is 9.68. The van der Waals surface area contributed by atoms with E-state index in [4.69, 9.17) is 0 Å². The molecule has 0 saturated carbocycles. The number of hydrogen-bond donors (Lipinski definition) is 1. The number of nitriles is 1. The van der Waals surface area contributed by atoms with Crippen molar-refractivity contribution < 1.29 is 9.90 Å². The van der Waals surface area contributed by atoms with Crippen molar-refractivity contribution >= 4 is 17.1 Å². The third kappa shape index (κ3) is 5.08. The Kier molecular flexibility index (Phi) is 7.82. The molecule has 0 aliphatic rings. The van der Waals surface area contributed by atoms with Gasteiger partial charge < -0.3 is 5.11 Å². The van der Waals surface area contributed by atoms with Crippen LogP contribution in [0.1, 0.15) is 61.8 Å². The molecule has 27 heavy (non-hydrogen) atoms. The van der Waals surface area contributed by atoms with Crippen LogP contribution in [0.25, 0.3) is 11.1 Å². The topological polar surface area (TPSA) is 61.1 Å². The van der Waals surface area contributed by atoms with E-state index >= 15 is 0 Å². The van der Waals surface area contributed by atoms with Gasteiger partial charge in [0.05, 0.1) is 11.1 Å². The molecule has 0 saturated heterocycles. The van der Waals surface area contributed by atoms with Crippen molar-refractivity contribution in [3.63, 3.8) is 0 Å². The molecule has 0 radical (unpaired) electrons. The largest absolute Gasteiger partial charge is 0.478 e. The van der Waals surface area contributed by atoms with Crippen molar-refractivity contribution in [3.05, 3.63) is 70.8 Å². The lowest BCUT2D eigenvalue weighted by Crippen LogP contribution is -2.08. The molecule has 3 nitrogen and oxygen atoms in total. The van der Waals surface area contributed by atoms with E-state index in [0.717, 1.165) is 43.2 Å². The van der Waals surface area contributed by atoms with Gasteiger partial charge in [0.1, 0.15) is 6.07 Å². The molecule has 3 heteroatoms. The van der Waals surface area contributed by atoms with Crippen LogP contribution >= 0.6 is 0 Å². The second-order valence-corrected chi connectivity index (χ2v) is 6.64. The Morgan fingerprint density at radius 3 is 2.33 bits per heavy atom. The highest BCUT2D eigenvalue weighted by molar-refractivity contribution is 6.26. The van der Waals surface area contributed by atoms with Gasteiger partial charge in [0.15, 0.2) is 0 Å². The Bertz CT molecular complexity index is 844. The fourth-order valence-electron chi connectivity index (χ4n) is 3.45. The maximum absolute atomic E-state index is 12.2. The molecule has 0 heterocycles. The van der Waals surface area contributed by atoms with Gasteiger partial charge in [-0.05, 0) is 41.5 Å². The lowest BCUT2D eigenvalue weighted by atomic mass is 9.87. The summed E-state index contributed by atoms with van der Waals surface area (Å²) in [5, 5.41) is 19.7. The minimum atomic E-state index is -1.06. The Hall–Kier alpha value is -2.86. The number of benzene rings is 2. The van der Waals surface area contributed by atoms with Gasteiger partial charge >= 0.3 is 5.97 Å². The monoisotopic (exact) mass is 361 g/mol. The van der Waals surface area contributed by atoms with Gasteiger partial charge in [0.2, 0.25) is 0 Å². The van der Waals surface area contributed by atoms with Gasteiger partial charge in [-0.25, -0.2) is 4.79 Å². The number of aliphatic carboxylic acids is 1. The number of aryl methyl sites for hydroxylation is 1. The molecule has 0 amide bonds. The van der Waals surface area contributed by atoms with E-state index in [1.807, 2.05) is 30.3 Å². The Labute approximate surface area is 162 Å². The summed E-state index contributed by atoms with van der Waals surface area (Å²) in [6.07, 6.45) is 6.18. The summed E-state index contributed by atoms with van der Waals surface area (Å²) < 4.78 is 0. The van der Waals surface area contributed by atoms with E-state index in [9.17, 15) is 15.2 Å². The summed E-state index contributed by atoms with van der Waals surface area (Å²) in [5.74, 6) is -1.06. The van der Waals surface area contributed by atoms with Crippen molar-refractivity contribution in [2.45, 2.75) is 52.4 Å². The van der Waals surface area contributed by atoms with E-state index in [-0.39, 0.29) is 11.1 Å². The highest BCUT2D eigenvalue weighted by Crippen LogP contribution is 2.31. The van der Waals surface area contributed by atoms with Crippen LogP contribution in [0.5, 0.6) is 0 Å². The Morgan fingerprint density at radius 1 is 1.00 bits per heavy atom. The van der Waals surface area contributed by atoms with Crippen LogP contribution in [0.2, 0.25) is 0 Å². The molecule has 0 aliphatic heterocycles. The van der Waals surface area contributed by atoms with Gasteiger partial charge in [0, 0.05) is 0 Å². The first kappa shape index (κ1) is 20.5. The highest BCUT2D eigenvalue weighted by Gasteiger charge is 2.22. The number of carboxylic acids is 1. The minimum Gasteiger partial charge on any atom is -0.478 e. The predicted octanol–water partition coefficient (Wildman–Crippen LogP) is 5.89. The molecule has 0 aliphatic carbocycles. The fraction of sp³-hybridized carbons (Fsp3) is 0.333. The number of rotatable bonds is 9. The lowest BCUT2D eigenvalue weighted by molar-refractivity contribution is -0.130. The van der Waals surface area contributed by atoms with Crippen LogP contribution in [-0.4, -0.2) is 11.1 Å². The third-order valence-corrected chi connectivity index (χ3v) is 4.84. The van der Waals surface area contributed by atoms with Gasteiger partial charge in [-0.2, -0.15) is 5.26 Å². The summed E-state index contributed by atoms with van der Waals surface area (Å²) in [6.45, 7) is 4.26. The molecule has 0 fully saturated rings. The van der Waals surface area contributed by atoms with E-state index in [2.05, 4.69) is 26.0 Å². The maximum Gasteiger partial charge on any atom is 0.337 e. The van der Waals surface area contributed by atoms with E-state index in [1.54, 1.807) is 12.1 Å².